The van der Waals surface area contributed by atoms with Crippen LogP contribution in [-0.2, 0) is 9.89 Å². The van der Waals surface area contributed by atoms with Gasteiger partial charge in [0.1, 0.15) is 5.75 Å². The van der Waals surface area contributed by atoms with E-state index in [1.807, 2.05) is 13.0 Å². The Morgan fingerprint density at radius 2 is 1.77 bits per heavy atom. The zero-order valence-corrected chi connectivity index (χ0v) is 17.7. The van der Waals surface area contributed by atoms with Crippen LogP contribution in [0.4, 0.5) is 0 Å². The molecule has 0 saturated heterocycles. The molecule has 26 heavy (non-hydrogen) atoms. The summed E-state index contributed by atoms with van der Waals surface area (Å²) in [6.45, 7) is 10.7. The van der Waals surface area contributed by atoms with Gasteiger partial charge in [0, 0.05) is 17.8 Å². The third kappa shape index (κ3) is 4.85. The van der Waals surface area contributed by atoms with Gasteiger partial charge in [-0.3, -0.25) is 0 Å². The summed E-state index contributed by atoms with van der Waals surface area (Å²) >= 11 is 0. The van der Waals surface area contributed by atoms with Gasteiger partial charge in [-0.05, 0) is 44.1 Å². The van der Waals surface area contributed by atoms with Gasteiger partial charge in [-0.2, -0.15) is 0 Å². The van der Waals surface area contributed by atoms with Crippen LogP contribution in [0.5, 0.6) is 5.75 Å². The molecule has 0 fully saturated rings. The van der Waals surface area contributed by atoms with Gasteiger partial charge in [0.05, 0.1) is 6.10 Å². The largest absolute Gasteiger partial charge is 0.467 e. The van der Waals surface area contributed by atoms with E-state index in [9.17, 15) is 5.11 Å². The van der Waals surface area contributed by atoms with Crippen molar-refractivity contribution in [3.63, 3.8) is 0 Å². The number of hydrogen-bond donors (Lipinski definition) is 1. The molecule has 0 amide bonds. The second-order valence-electron chi connectivity index (χ2n) is 7.13. The fourth-order valence-electron chi connectivity index (χ4n) is 3.11. The molecule has 1 N–H and O–H groups in total. The Balaban J connectivity index is 2.48. The lowest BCUT2D eigenvalue weighted by Crippen LogP contribution is -2.22. The molecule has 0 aliphatic heterocycles. The summed E-state index contributed by atoms with van der Waals surface area (Å²) in [5, 5.41) is 11.4. The Morgan fingerprint density at radius 1 is 1.12 bits per heavy atom. The maximum Gasteiger partial charge on any atom is 0.188 e. The highest BCUT2D eigenvalue weighted by Crippen LogP contribution is 2.48. The van der Waals surface area contributed by atoms with Gasteiger partial charge in [-0.15, -0.1) is 0 Å². The van der Waals surface area contributed by atoms with Gasteiger partial charge in [0.25, 0.3) is 0 Å². The average Bonchev–Trinajstić information content (AvgIpc) is 2.61. The molecule has 0 aromatic heterocycles. The quantitative estimate of drug-likeness (QED) is 0.524. The van der Waals surface area contributed by atoms with E-state index >= 15 is 0 Å². The summed E-state index contributed by atoms with van der Waals surface area (Å²) in [4.78, 5) is 0. The first-order chi connectivity index (χ1) is 12.3. The first kappa shape index (κ1) is 20.9. The lowest BCUT2D eigenvalue weighted by molar-refractivity contribution is 0.0500. The van der Waals surface area contributed by atoms with E-state index in [0.717, 1.165) is 17.7 Å². The van der Waals surface area contributed by atoms with Crippen molar-refractivity contribution >= 4 is 13.9 Å². The molecule has 0 aliphatic rings. The topological polar surface area (TPSA) is 38.7 Å². The Kier molecular flexibility index (Phi) is 7.23. The molecule has 3 atom stereocenters. The minimum atomic E-state index is -0.472. The molecule has 0 radical (unpaired) electrons. The minimum Gasteiger partial charge on any atom is -0.467 e. The number of methoxy groups -OCH3 is 1. The zero-order chi connectivity index (χ0) is 19.3. The summed E-state index contributed by atoms with van der Waals surface area (Å²) in [5.74, 6) is 0.875. The Labute approximate surface area is 159 Å². The number of aryl methyl sites for hydroxylation is 2. The molecule has 3 unspecified atom stereocenters. The monoisotopic (exact) mass is 374 g/mol. The molecule has 142 valence electrons. The number of aliphatic hydroxyl groups excluding tert-OH is 1. The summed E-state index contributed by atoms with van der Waals surface area (Å²) in [7, 11) is 2.17. The van der Waals surface area contributed by atoms with Crippen molar-refractivity contribution in [3.05, 3.63) is 58.7 Å². The first-order valence-electron chi connectivity index (χ1n) is 9.10. The highest BCUT2D eigenvalue weighted by Gasteiger charge is 2.30. The van der Waals surface area contributed by atoms with E-state index in [0.29, 0.717) is 8.58 Å². The second kappa shape index (κ2) is 8.99. The van der Waals surface area contributed by atoms with Crippen LogP contribution in [0.1, 0.15) is 55.5 Å². The van der Waals surface area contributed by atoms with Crippen molar-refractivity contribution in [2.45, 2.75) is 52.3 Å². The van der Waals surface area contributed by atoms with Crippen LogP contribution >= 0.6 is 8.58 Å². The smallest absolute Gasteiger partial charge is 0.188 e. The van der Waals surface area contributed by atoms with Crippen molar-refractivity contribution < 1.29 is 14.6 Å². The van der Waals surface area contributed by atoms with E-state index < -0.39 is 6.10 Å². The molecule has 0 spiro atoms. The summed E-state index contributed by atoms with van der Waals surface area (Å²) < 4.78 is 11.0. The Hall–Kier alpha value is -1.41. The van der Waals surface area contributed by atoms with Crippen molar-refractivity contribution in [1.29, 1.82) is 0 Å². The highest BCUT2D eigenvalue weighted by atomic mass is 31.1. The second-order valence-corrected chi connectivity index (χ2v) is 9.02. The fourth-order valence-corrected chi connectivity index (χ4v) is 4.80. The number of benzene rings is 2. The van der Waals surface area contributed by atoms with Crippen LogP contribution in [0, 0.1) is 13.8 Å². The van der Waals surface area contributed by atoms with E-state index in [-0.39, 0.29) is 11.9 Å². The first-order valence-corrected chi connectivity index (χ1v) is 10.1. The van der Waals surface area contributed by atoms with Crippen molar-refractivity contribution in [2.75, 3.05) is 13.9 Å². The van der Waals surface area contributed by atoms with Crippen molar-refractivity contribution in [2.24, 2.45) is 0 Å². The van der Waals surface area contributed by atoms with Gasteiger partial charge in [-0.1, -0.05) is 63.9 Å². The van der Waals surface area contributed by atoms with Crippen LogP contribution in [0.3, 0.4) is 0 Å². The maximum absolute atomic E-state index is 10.2. The SMILES string of the molecule is CCC(C)(Pc1ccc(C)cc1C(C)O)c1cc(C)ccc1OCOC. The lowest BCUT2D eigenvalue weighted by atomic mass is 9.95. The molecule has 2 rings (SSSR count). The molecule has 2 aromatic rings. The summed E-state index contributed by atoms with van der Waals surface area (Å²) in [5.41, 5.74) is 4.61. The fraction of sp³-hybridized carbons (Fsp3) is 0.455. The van der Waals surface area contributed by atoms with E-state index in [2.05, 4.69) is 58.0 Å². The molecule has 0 aliphatic carbocycles. The summed E-state index contributed by atoms with van der Waals surface area (Å²) in [6, 6.07) is 12.7. The molecule has 0 heterocycles. The van der Waals surface area contributed by atoms with Gasteiger partial charge in [0.15, 0.2) is 6.79 Å². The Bertz CT molecular complexity index is 742. The van der Waals surface area contributed by atoms with Crippen molar-refractivity contribution in [1.82, 2.24) is 0 Å². The van der Waals surface area contributed by atoms with Gasteiger partial charge >= 0.3 is 0 Å². The van der Waals surface area contributed by atoms with Gasteiger partial charge < -0.3 is 14.6 Å². The van der Waals surface area contributed by atoms with E-state index in [1.165, 1.54) is 22.0 Å². The third-order valence-electron chi connectivity index (χ3n) is 4.84. The number of hydrogen-bond acceptors (Lipinski definition) is 3. The van der Waals surface area contributed by atoms with Gasteiger partial charge in [0.2, 0.25) is 0 Å². The van der Waals surface area contributed by atoms with Crippen LogP contribution in [0.25, 0.3) is 0 Å². The molecular weight excluding hydrogens is 343 g/mol. The zero-order valence-electron chi connectivity index (χ0n) is 16.7. The molecule has 0 bridgehead atoms. The van der Waals surface area contributed by atoms with E-state index in [4.69, 9.17) is 9.47 Å². The highest BCUT2D eigenvalue weighted by molar-refractivity contribution is 7.48. The standard InChI is InChI=1S/C22H31O3P/c1-7-22(5,19-13-16(3)8-10-20(19)25-14-24-6)26-21-11-9-15(2)12-18(21)17(4)23/h8-13,17,23,26H,7,14H2,1-6H3. The van der Waals surface area contributed by atoms with Crippen LogP contribution in [-0.4, -0.2) is 19.0 Å². The predicted octanol–water partition coefficient (Wildman–Crippen LogP) is 4.97. The van der Waals surface area contributed by atoms with Crippen LogP contribution in [0.2, 0.25) is 0 Å². The summed E-state index contributed by atoms with van der Waals surface area (Å²) in [6.07, 6.45) is 0.506. The van der Waals surface area contributed by atoms with Gasteiger partial charge in [-0.25, -0.2) is 0 Å². The number of aliphatic hydroxyl groups is 1. The number of ether oxygens (including phenoxy) is 2. The minimum absolute atomic E-state index is 0.0754. The molecular formula is C22H31O3P. The molecule has 2 aromatic carbocycles. The predicted molar refractivity (Wildman–Crippen MR) is 111 cm³/mol. The molecule has 4 heteroatoms. The molecule has 3 nitrogen and oxygen atoms in total. The third-order valence-corrected chi connectivity index (χ3v) is 6.74. The maximum atomic E-state index is 10.2. The number of rotatable bonds is 8. The van der Waals surface area contributed by atoms with Crippen LogP contribution in [0.15, 0.2) is 36.4 Å². The normalized spacial score (nSPS) is 15.2. The lowest BCUT2D eigenvalue weighted by Gasteiger charge is -2.32. The Morgan fingerprint density at radius 3 is 2.38 bits per heavy atom. The van der Waals surface area contributed by atoms with Crippen molar-refractivity contribution in [3.8, 4) is 5.75 Å². The average molecular weight is 374 g/mol. The van der Waals surface area contributed by atoms with Crippen LogP contribution < -0.4 is 10.0 Å². The molecule has 0 saturated carbocycles. The van der Waals surface area contributed by atoms with E-state index in [1.54, 1.807) is 7.11 Å².